The summed E-state index contributed by atoms with van der Waals surface area (Å²) in [6, 6.07) is 47.8. The summed E-state index contributed by atoms with van der Waals surface area (Å²) in [5.74, 6) is 2.53. The molecule has 2 heteroatoms. The number of aryl methyl sites for hydroxylation is 2. The summed E-state index contributed by atoms with van der Waals surface area (Å²) >= 11 is 0. The lowest BCUT2D eigenvalue weighted by Gasteiger charge is -2.30. The summed E-state index contributed by atoms with van der Waals surface area (Å²) in [5, 5.41) is 10.2. The first-order chi connectivity index (χ1) is 26.6. The highest BCUT2D eigenvalue weighted by Gasteiger charge is 2.39. The minimum Gasteiger partial charge on any atom is -0.494 e. The summed E-state index contributed by atoms with van der Waals surface area (Å²) < 4.78 is 6.77. The second kappa shape index (κ2) is 13.8. The van der Waals surface area contributed by atoms with E-state index >= 15 is 0 Å². The van der Waals surface area contributed by atoms with Crippen LogP contribution >= 0.6 is 0 Å². The fraction of sp³-hybridized carbons (Fsp3) is 0.269. The van der Waals surface area contributed by atoms with Crippen molar-refractivity contribution < 1.29 is 4.74 Å². The molecule has 1 heterocycles. The Bertz CT molecular complexity index is 2610. The zero-order chi connectivity index (χ0) is 36.2. The van der Waals surface area contributed by atoms with Crippen LogP contribution in [0.3, 0.4) is 0 Å². The van der Waals surface area contributed by atoms with Crippen molar-refractivity contribution in [2.75, 3.05) is 4.90 Å². The molecule has 2 nitrogen and oxygen atoms in total. The number of hydrogen-bond donors (Lipinski definition) is 0. The Kier molecular flexibility index (Phi) is 8.51. The number of anilines is 3. The van der Waals surface area contributed by atoms with E-state index in [2.05, 4.69) is 152 Å². The van der Waals surface area contributed by atoms with Gasteiger partial charge in [0, 0.05) is 28.8 Å². The zero-order valence-electron chi connectivity index (χ0n) is 31.7. The Labute approximate surface area is 319 Å². The summed E-state index contributed by atoms with van der Waals surface area (Å²) in [5.41, 5.74) is 9.48. The number of nitrogens with zero attached hydrogens (tertiary/aromatic N) is 1. The quantitative estimate of drug-likeness (QED) is 0.146. The van der Waals surface area contributed by atoms with Crippen LogP contribution in [0.4, 0.5) is 17.1 Å². The molecule has 3 aliphatic rings. The third-order valence-corrected chi connectivity index (χ3v) is 12.8. The summed E-state index contributed by atoms with van der Waals surface area (Å²) in [7, 11) is 0. The molecule has 0 radical (unpaired) electrons. The van der Waals surface area contributed by atoms with Gasteiger partial charge < -0.3 is 9.64 Å². The van der Waals surface area contributed by atoms with Gasteiger partial charge in [-0.1, -0.05) is 140 Å². The molecule has 7 aromatic carbocycles. The van der Waals surface area contributed by atoms with Gasteiger partial charge in [-0.25, -0.2) is 0 Å². The van der Waals surface area contributed by atoms with Gasteiger partial charge in [-0.15, -0.1) is 0 Å². The molecule has 3 unspecified atom stereocenters. The van der Waals surface area contributed by atoms with E-state index in [0.717, 1.165) is 31.6 Å². The molecule has 0 spiro atoms. The van der Waals surface area contributed by atoms with Gasteiger partial charge in [-0.3, -0.25) is 0 Å². The predicted molar refractivity (Wildman–Crippen MR) is 229 cm³/mol. The lowest BCUT2D eigenvalue weighted by Crippen LogP contribution is -2.19. The number of hydrogen-bond acceptors (Lipinski definition) is 2. The van der Waals surface area contributed by atoms with Crippen LogP contribution in [0, 0.1) is 18.8 Å². The number of rotatable bonds is 8. The number of fused-ring (bicyclic) bond motifs is 7. The Balaban J connectivity index is 1.07. The second-order valence-corrected chi connectivity index (χ2v) is 16.2. The van der Waals surface area contributed by atoms with E-state index in [1.165, 1.54) is 115 Å². The van der Waals surface area contributed by atoms with Gasteiger partial charge >= 0.3 is 0 Å². The van der Waals surface area contributed by atoms with E-state index in [0.29, 0.717) is 12.0 Å². The third kappa shape index (κ3) is 5.79. The molecule has 7 aromatic rings. The highest BCUT2D eigenvalue weighted by Crippen LogP contribution is 2.49. The van der Waals surface area contributed by atoms with Crippen LogP contribution in [0.1, 0.15) is 69.4 Å². The van der Waals surface area contributed by atoms with Crippen LogP contribution in [0.2, 0.25) is 0 Å². The first kappa shape index (κ1) is 33.2. The maximum Gasteiger partial charge on any atom is 0.105 e. The lowest BCUT2D eigenvalue weighted by atomic mass is 9.75. The standard InChI is InChI=1S/C52H49NO/c1-3-12-51-46(48-30-36-13-4-5-14-37(36)33-52(48)54-51)28-24-35-22-25-40(26-23-35)53(49-31-38-15-6-8-17-41(38)43-19-10-11-20-44(43)49)50-32-39-16-7-9-18-42(39)47-29-34(2)21-27-45(47)50/h6-11,15-23,25-27,29-32,37,46,51H,3-5,12-14,24,28,33H2,1-2H3. The fourth-order valence-electron chi connectivity index (χ4n) is 10.1. The smallest absolute Gasteiger partial charge is 0.105 e. The first-order valence-corrected chi connectivity index (χ1v) is 20.4. The van der Waals surface area contributed by atoms with Crippen molar-refractivity contribution >= 4 is 60.2 Å². The van der Waals surface area contributed by atoms with E-state index < -0.39 is 0 Å². The molecule has 0 bridgehead atoms. The van der Waals surface area contributed by atoms with E-state index in [9.17, 15) is 0 Å². The van der Waals surface area contributed by atoms with Crippen LogP contribution in [-0.2, 0) is 11.2 Å². The molecule has 268 valence electrons. The van der Waals surface area contributed by atoms with Gasteiger partial charge in [-0.05, 0) is 119 Å². The molecule has 54 heavy (non-hydrogen) atoms. The Morgan fingerprint density at radius 2 is 1.31 bits per heavy atom. The normalized spacial score (nSPS) is 19.6. The monoisotopic (exact) mass is 703 g/mol. The van der Waals surface area contributed by atoms with Gasteiger partial charge in [0.2, 0.25) is 0 Å². The molecule has 1 saturated carbocycles. The fourth-order valence-corrected chi connectivity index (χ4v) is 10.1. The molecule has 0 saturated heterocycles. The summed E-state index contributed by atoms with van der Waals surface area (Å²) in [6.07, 6.45) is 13.9. The van der Waals surface area contributed by atoms with E-state index in [1.807, 2.05) is 0 Å². The first-order valence-electron chi connectivity index (χ1n) is 20.4. The Hall–Kier alpha value is -5.34. The predicted octanol–water partition coefficient (Wildman–Crippen LogP) is 14.6. The molecular formula is C52H49NO. The van der Waals surface area contributed by atoms with Crippen LogP contribution < -0.4 is 4.90 Å². The molecule has 1 aliphatic heterocycles. The van der Waals surface area contributed by atoms with Crippen LogP contribution in [-0.4, -0.2) is 6.10 Å². The molecule has 0 amide bonds. The summed E-state index contributed by atoms with van der Waals surface area (Å²) in [4.78, 5) is 2.52. The van der Waals surface area contributed by atoms with E-state index in [4.69, 9.17) is 4.74 Å². The van der Waals surface area contributed by atoms with Gasteiger partial charge in [0.1, 0.15) is 11.9 Å². The van der Waals surface area contributed by atoms with Gasteiger partial charge in [-0.2, -0.15) is 0 Å². The third-order valence-electron chi connectivity index (χ3n) is 12.8. The minimum atomic E-state index is 0.317. The van der Waals surface area contributed by atoms with Gasteiger partial charge in [0.15, 0.2) is 0 Å². The molecule has 0 N–H and O–H groups in total. The number of allylic oxidation sites excluding steroid dienone is 3. The highest BCUT2D eigenvalue weighted by molar-refractivity contribution is 6.18. The van der Waals surface area contributed by atoms with Crippen LogP contribution in [0.5, 0.6) is 0 Å². The van der Waals surface area contributed by atoms with Crippen molar-refractivity contribution in [2.45, 2.75) is 77.7 Å². The van der Waals surface area contributed by atoms with E-state index in [-0.39, 0.29) is 0 Å². The molecule has 0 aromatic heterocycles. The topological polar surface area (TPSA) is 12.5 Å². The molecular weight excluding hydrogens is 655 g/mol. The van der Waals surface area contributed by atoms with Crippen molar-refractivity contribution in [1.29, 1.82) is 0 Å². The second-order valence-electron chi connectivity index (χ2n) is 16.2. The van der Waals surface area contributed by atoms with Gasteiger partial charge in [0.05, 0.1) is 11.4 Å². The van der Waals surface area contributed by atoms with Gasteiger partial charge in [0.25, 0.3) is 0 Å². The average molecular weight is 704 g/mol. The summed E-state index contributed by atoms with van der Waals surface area (Å²) in [6.45, 7) is 4.50. The zero-order valence-corrected chi connectivity index (χ0v) is 31.7. The maximum atomic E-state index is 6.77. The largest absolute Gasteiger partial charge is 0.494 e. The number of ether oxygens (including phenoxy) is 1. The SMILES string of the molecule is CCCC1OC2=C(C=C3CCCCC3C2)C1CCc1ccc(N(c2cc3ccccc3c3ccccc23)c2cc3ccccc3c3cc(C)ccc23)cc1. The Morgan fingerprint density at radius 3 is 2.06 bits per heavy atom. The van der Waals surface area contributed by atoms with E-state index in [1.54, 1.807) is 5.57 Å². The molecule has 10 rings (SSSR count). The minimum absolute atomic E-state index is 0.317. The lowest BCUT2D eigenvalue weighted by molar-refractivity contribution is 0.0919. The molecule has 1 fully saturated rings. The molecule has 3 atom stereocenters. The maximum absolute atomic E-state index is 6.77. The van der Waals surface area contributed by atoms with Crippen LogP contribution in [0.15, 0.2) is 150 Å². The van der Waals surface area contributed by atoms with Crippen LogP contribution in [0.25, 0.3) is 43.1 Å². The van der Waals surface area contributed by atoms with Crippen molar-refractivity contribution in [3.8, 4) is 0 Å². The van der Waals surface area contributed by atoms with Crippen molar-refractivity contribution in [3.63, 3.8) is 0 Å². The number of benzene rings is 7. The highest BCUT2D eigenvalue weighted by atomic mass is 16.5. The average Bonchev–Trinajstić information content (AvgIpc) is 3.55. The Morgan fingerprint density at radius 1 is 0.648 bits per heavy atom. The van der Waals surface area contributed by atoms with Crippen molar-refractivity contribution in [2.24, 2.45) is 11.8 Å². The van der Waals surface area contributed by atoms with Crippen molar-refractivity contribution in [3.05, 3.63) is 162 Å². The molecule has 2 aliphatic carbocycles. The van der Waals surface area contributed by atoms with Crippen molar-refractivity contribution in [1.82, 2.24) is 0 Å².